The predicted octanol–water partition coefficient (Wildman–Crippen LogP) is 2.95. The van der Waals surface area contributed by atoms with Crippen LogP contribution in [0.1, 0.15) is 26.3 Å². The molecule has 2 rings (SSSR count). The van der Waals surface area contributed by atoms with Gasteiger partial charge in [0.1, 0.15) is 5.75 Å². The van der Waals surface area contributed by atoms with Gasteiger partial charge in [-0.15, -0.1) is 0 Å². The summed E-state index contributed by atoms with van der Waals surface area (Å²) in [6, 6.07) is 5.44. The van der Waals surface area contributed by atoms with Crippen LogP contribution in [0.2, 0.25) is 0 Å². The molecule has 2 aromatic rings. The monoisotopic (exact) mass is 334 g/mol. The zero-order valence-corrected chi connectivity index (χ0v) is 14.3. The first-order valence-corrected chi connectivity index (χ1v) is 7.82. The molecule has 24 heavy (non-hydrogen) atoms. The number of methoxy groups -OCH3 is 1. The van der Waals surface area contributed by atoms with Crippen molar-refractivity contribution in [2.75, 3.05) is 13.7 Å². The number of rotatable bonds is 7. The molecule has 0 aliphatic heterocycles. The topological polar surface area (TPSA) is 94.5 Å². The Labute approximate surface area is 140 Å². The molecule has 7 nitrogen and oxygen atoms in total. The highest BCUT2D eigenvalue weighted by Gasteiger charge is 2.55. The summed E-state index contributed by atoms with van der Waals surface area (Å²) < 4.78 is 10.2. The Hall–Kier alpha value is -2.57. The van der Waals surface area contributed by atoms with Gasteiger partial charge in [-0.3, -0.25) is 10.1 Å². The summed E-state index contributed by atoms with van der Waals surface area (Å²) in [7, 11) is 1.56. The first kappa shape index (κ1) is 17.8. The molecular weight excluding hydrogens is 312 g/mol. The van der Waals surface area contributed by atoms with E-state index in [2.05, 4.69) is 4.98 Å². The van der Waals surface area contributed by atoms with E-state index in [0.29, 0.717) is 11.3 Å². The highest BCUT2D eigenvalue weighted by molar-refractivity contribution is 5.86. The molecule has 0 saturated heterocycles. The fourth-order valence-electron chi connectivity index (χ4n) is 2.84. The third-order valence-electron chi connectivity index (χ3n) is 4.34. The maximum absolute atomic E-state index is 12.4. The lowest BCUT2D eigenvalue weighted by Gasteiger charge is -2.26. The second-order valence-corrected chi connectivity index (χ2v) is 5.96. The third kappa shape index (κ3) is 2.93. The van der Waals surface area contributed by atoms with Gasteiger partial charge in [0.2, 0.25) is 0 Å². The first-order chi connectivity index (χ1) is 11.4. The number of nitro groups is 1. The van der Waals surface area contributed by atoms with Crippen LogP contribution in [0.3, 0.4) is 0 Å². The van der Waals surface area contributed by atoms with Crippen molar-refractivity contribution >= 4 is 16.9 Å². The lowest BCUT2D eigenvalue weighted by molar-refractivity contribution is -0.564. The molecular formula is C17H22N2O5. The summed E-state index contributed by atoms with van der Waals surface area (Å²) >= 11 is 0. The van der Waals surface area contributed by atoms with Gasteiger partial charge >= 0.3 is 11.5 Å². The molecule has 0 spiro atoms. The Morgan fingerprint density at radius 2 is 2.12 bits per heavy atom. The van der Waals surface area contributed by atoms with Crippen LogP contribution in [-0.2, 0) is 16.0 Å². The number of aromatic nitrogens is 1. The van der Waals surface area contributed by atoms with Crippen molar-refractivity contribution in [1.82, 2.24) is 4.98 Å². The summed E-state index contributed by atoms with van der Waals surface area (Å²) in [5, 5.41) is 12.6. The van der Waals surface area contributed by atoms with E-state index in [-0.39, 0.29) is 13.0 Å². The summed E-state index contributed by atoms with van der Waals surface area (Å²) in [4.78, 5) is 26.8. The highest BCUT2D eigenvalue weighted by Crippen LogP contribution is 2.32. The largest absolute Gasteiger partial charge is 0.497 e. The minimum Gasteiger partial charge on any atom is -0.497 e. The Kier molecular flexibility index (Phi) is 5.11. The van der Waals surface area contributed by atoms with Gasteiger partial charge in [-0.2, -0.15) is 0 Å². The maximum atomic E-state index is 12.4. The van der Waals surface area contributed by atoms with Crippen LogP contribution in [0.5, 0.6) is 5.75 Å². The van der Waals surface area contributed by atoms with Gasteiger partial charge in [0.25, 0.3) is 0 Å². The summed E-state index contributed by atoms with van der Waals surface area (Å²) in [5.41, 5.74) is -0.313. The summed E-state index contributed by atoms with van der Waals surface area (Å²) in [5.74, 6) is -0.680. The smallest absolute Gasteiger partial charge is 0.385 e. The van der Waals surface area contributed by atoms with E-state index in [1.807, 2.05) is 6.07 Å². The normalized spacial score (nSPS) is 13.7. The molecule has 0 saturated carbocycles. The van der Waals surface area contributed by atoms with Gasteiger partial charge in [-0.25, -0.2) is 4.79 Å². The summed E-state index contributed by atoms with van der Waals surface area (Å²) in [6.45, 7) is 5.06. The number of hydrogen-bond acceptors (Lipinski definition) is 5. The van der Waals surface area contributed by atoms with Crippen molar-refractivity contribution in [2.45, 2.75) is 32.7 Å². The molecule has 1 atom stereocenters. The lowest BCUT2D eigenvalue weighted by Crippen LogP contribution is -2.53. The van der Waals surface area contributed by atoms with Crippen molar-refractivity contribution < 1.29 is 19.2 Å². The van der Waals surface area contributed by atoms with Gasteiger partial charge < -0.3 is 14.5 Å². The van der Waals surface area contributed by atoms with Crippen LogP contribution < -0.4 is 4.74 Å². The maximum Gasteiger partial charge on any atom is 0.385 e. The van der Waals surface area contributed by atoms with Gasteiger partial charge in [-0.05, 0) is 30.7 Å². The Morgan fingerprint density at radius 1 is 1.42 bits per heavy atom. The quantitative estimate of drug-likeness (QED) is 0.477. The average molecular weight is 334 g/mol. The van der Waals surface area contributed by atoms with Crippen molar-refractivity contribution in [3.8, 4) is 5.75 Å². The van der Waals surface area contributed by atoms with Crippen molar-refractivity contribution in [1.29, 1.82) is 0 Å². The standard InChI is InChI=1S/C17H22N2O5/c1-5-24-16(20)17(11(2)3,19(21)22)9-12-10-18-15-7-6-13(23-4)8-14(12)15/h6-8,10-11,18H,5,9H2,1-4H3/t17-/m0/s1. The molecule has 0 bridgehead atoms. The van der Waals surface area contributed by atoms with Crippen LogP contribution in [-0.4, -0.2) is 35.1 Å². The number of carbonyl (C=O) groups is 1. The molecule has 0 fully saturated rings. The number of carbonyl (C=O) groups excluding carboxylic acids is 1. The van der Waals surface area contributed by atoms with E-state index in [4.69, 9.17) is 9.47 Å². The van der Waals surface area contributed by atoms with Crippen molar-refractivity contribution in [3.05, 3.63) is 40.1 Å². The molecule has 0 aliphatic rings. The van der Waals surface area contributed by atoms with Crippen LogP contribution in [0.15, 0.2) is 24.4 Å². The number of benzene rings is 1. The van der Waals surface area contributed by atoms with Gasteiger partial charge in [0, 0.05) is 27.9 Å². The van der Waals surface area contributed by atoms with E-state index < -0.39 is 22.3 Å². The van der Waals surface area contributed by atoms with E-state index >= 15 is 0 Å². The number of fused-ring (bicyclic) bond motifs is 1. The number of nitrogens with one attached hydrogen (secondary N) is 1. The molecule has 0 amide bonds. The number of H-pyrrole nitrogens is 1. The van der Waals surface area contributed by atoms with Crippen LogP contribution in [0.25, 0.3) is 10.9 Å². The van der Waals surface area contributed by atoms with E-state index in [9.17, 15) is 14.9 Å². The zero-order chi connectivity index (χ0) is 17.9. The molecule has 0 unspecified atom stereocenters. The molecule has 0 aliphatic carbocycles. The molecule has 0 radical (unpaired) electrons. The fraction of sp³-hybridized carbons (Fsp3) is 0.471. The molecule has 130 valence electrons. The van der Waals surface area contributed by atoms with Crippen LogP contribution >= 0.6 is 0 Å². The van der Waals surface area contributed by atoms with Crippen molar-refractivity contribution in [2.24, 2.45) is 5.92 Å². The number of ether oxygens (including phenoxy) is 2. The highest BCUT2D eigenvalue weighted by atomic mass is 16.6. The Balaban J connectivity index is 2.54. The molecule has 1 aromatic carbocycles. The number of aromatic amines is 1. The number of esters is 1. The fourth-order valence-corrected chi connectivity index (χ4v) is 2.84. The number of hydrogen-bond donors (Lipinski definition) is 1. The molecule has 1 heterocycles. The Morgan fingerprint density at radius 3 is 2.67 bits per heavy atom. The summed E-state index contributed by atoms with van der Waals surface area (Å²) in [6.07, 6.45) is 1.65. The number of nitrogens with zero attached hydrogens (tertiary/aromatic N) is 1. The van der Waals surface area contributed by atoms with Crippen molar-refractivity contribution in [3.63, 3.8) is 0 Å². The average Bonchev–Trinajstić information content (AvgIpc) is 2.93. The van der Waals surface area contributed by atoms with E-state index in [1.165, 1.54) is 0 Å². The Bertz CT molecular complexity index is 753. The van der Waals surface area contributed by atoms with E-state index in [1.54, 1.807) is 46.2 Å². The molecule has 7 heteroatoms. The molecule has 1 aromatic heterocycles. The lowest BCUT2D eigenvalue weighted by atomic mass is 9.81. The SMILES string of the molecule is CCOC(=O)[C@](Cc1c[nH]c2ccc(OC)cc12)(C(C)C)[N+](=O)[O-]. The van der Waals surface area contributed by atoms with E-state index in [0.717, 1.165) is 10.9 Å². The second-order valence-electron chi connectivity index (χ2n) is 5.96. The van der Waals surface area contributed by atoms with Crippen LogP contribution in [0.4, 0.5) is 0 Å². The third-order valence-corrected chi connectivity index (χ3v) is 4.34. The van der Waals surface area contributed by atoms with Gasteiger partial charge in [-0.1, -0.05) is 13.8 Å². The molecule has 1 N–H and O–H groups in total. The zero-order valence-electron chi connectivity index (χ0n) is 14.3. The first-order valence-electron chi connectivity index (χ1n) is 7.82. The minimum atomic E-state index is -1.83. The minimum absolute atomic E-state index is 0.0519. The second kappa shape index (κ2) is 6.90. The predicted molar refractivity (Wildman–Crippen MR) is 89.8 cm³/mol. The van der Waals surface area contributed by atoms with Crippen LogP contribution in [0, 0.1) is 16.0 Å². The van der Waals surface area contributed by atoms with Gasteiger partial charge in [0.15, 0.2) is 0 Å². The van der Waals surface area contributed by atoms with Gasteiger partial charge in [0.05, 0.1) is 20.1 Å².